The predicted octanol–water partition coefficient (Wildman–Crippen LogP) is 2.97. The number of halogens is 4. The Labute approximate surface area is 163 Å². The first kappa shape index (κ1) is 19.3. The second-order valence-electron chi connectivity index (χ2n) is 7.59. The van der Waals surface area contributed by atoms with E-state index in [1.165, 1.54) is 12.1 Å². The Kier molecular flexibility index (Phi) is 4.70. The third-order valence-electron chi connectivity index (χ3n) is 5.41. The highest BCUT2D eigenvalue weighted by atomic mass is 35.5. The molecule has 0 atom stereocenters. The number of hydrogen-bond donors (Lipinski definition) is 1. The van der Waals surface area contributed by atoms with Crippen LogP contribution in [0.25, 0.3) is 0 Å². The molecule has 1 aromatic rings. The van der Waals surface area contributed by atoms with E-state index in [4.69, 9.17) is 21.1 Å². The summed E-state index contributed by atoms with van der Waals surface area (Å²) in [7, 11) is 0. The fourth-order valence-corrected chi connectivity index (χ4v) is 4.07. The Morgan fingerprint density at radius 3 is 2.64 bits per heavy atom. The Morgan fingerprint density at radius 1 is 1.36 bits per heavy atom. The van der Waals surface area contributed by atoms with E-state index in [1.807, 2.05) is 0 Å². The molecule has 1 saturated carbocycles. The van der Waals surface area contributed by atoms with Crippen molar-refractivity contribution in [3.63, 3.8) is 0 Å². The third-order valence-corrected chi connectivity index (χ3v) is 5.73. The zero-order chi connectivity index (χ0) is 20.1. The van der Waals surface area contributed by atoms with Crippen molar-refractivity contribution in [1.82, 2.24) is 10.2 Å². The van der Waals surface area contributed by atoms with Gasteiger partial charge in [0.25, 0.3) is 0 Å². The van der Waals surface area contributed by atoms with Gasteiger partial charge in [0, 0.05) is 19.0 Å². The van der Waals surface area contributed by atoms with Crippen LogP contribution in [0, 0.1) is 5.92 Å². The van der Waals surface area contributed by atoms with E-state index in [-0.39, 0.29) is 36.2 Å². The number of carbonyl (C=O) groups is 2. The number of benzene rings is 1. The number of amides is 2. The summed E-state index contributed by atoms with van der Waals surface area (Å²) in [5.41, 5.74) is -0.758. The molecule has 1 spiro atoms. The molecule has 0 radical (unpaired) electrons. The van der Waals surface area contributed by atoms with E-state index in [0.717, 1.165) is 6.07 Å². The number of hydrogen-bond acceptors (Lipinski definition) is 4. The maximum Gasteiger partial charge on any atom is 0.417 e. The van der Waals surface area contributed by atoms with Gasteiger partial charge in [0.2, 0.25) is 5.91 Å². The van der Waals surface area contributed by atoms with Crippen molar-refractivity contribution < 1.29 is 32.2 Å². The lowest BCUT2D eigenvalue weighted by Crippen LogP contribution is -2.71. The van der Waals surface area contributed by atoms with Gasteiger partial charge in [-0.15, -0.1) is 0 Å². The number of rotatable bonds is 4. The SMILES string of the molecule is O=C1NC2(CO1)CN(C(=O)C1CC(OCc3ccc(C(F)(F)F)c(Cl)c3)C1)C2. The van der Waals surface area contributed by atoms with Gasteiger partial charge in [0.15, 0.2) is 0 Å². The number of cyclic esters (lactones) is 1. The monoisotopic (exact) mass is 418 g/mol. The van der Waals surface area contributed by atoms with Gasteiger partial charge in [-0.25, -0.2) is 4.79 Å². The van der Waals surface area contributed by atoms with Crippen LogP contribution in [0.1, 0.15) is 24.0 Å². The molecule has 3 aliphatic rings. The van der Waals surface area contributed by atoms with Crippen LogP contribution in [0.4, 0.5) is 18.0 Å². The molecule has 2 heterocycles. The molecule has 28 heavy (non-hydrogen) atoms. The molecule has 1 aliphatic carbocycles. The second-order valence-corrected chi connectivity index (χ2v) is 8.00. The Bertz CT molecular complexity index is 805. The van der Waals surface area contributed by atoms with Crippen molar-refractivity contribution in [3.05, 3.63) is 34.3 Å². The van der Waals surface area contributed by atoms with Crippen LogP contribution in [-0.2, 0) is 27.1 Å². The molecule has 152 valence electrons. The van der Waals surface area contributed by atoms with Crippen LogP contribution in [0.3, 0.4) is 0 Å². The van der Waals surface area contributed by atoms with Crippen LogP contribution in [0.2, 0.25) is 5.02 Å². The third kappa shape index (κ3) is 3.65. The van der Waals surface area contributed by atoms with Gasteiger partial charge in [0.05, 0.1) is 23.3 Å². The van der Waals surface area contributed by atoms with E-state index >= 15 is 0 Å². The number of nitrogens with zero attached hydrogens (tertiary/aromatic N) is 1. The van der Waals surface area contributed by atoms with Crippen molar-refractivity contribution in [2.45, 2.75) is 37.3 Å². The predicted molar refractivity (Wildman–Crippen MR) is 91.5 cm³/mol. The van der Waals surface area contributed by atoms with Gasteiger partial charge in [-0.3, -0.25) is 4.79 Å². The maximum absolute atomic E-state index is 12.7. The Balaban J connectivity index is 1.21. The summed E-state index contributed by atoms with van der Waals surface area (Å²) in [6.07, 6.45) is -3.91. The Morgan fingerprint density at radius 2 is 2.07 bits per heavy atom. The van der Waals surface area contributed by atoms with Crippen molar-refractivity contribution in [2.24, 2.45) is 5.92 Å². The van der Waals surface area contributed by atoms with Gasteiger partial charge in [0.1, 0.15) is 12.1 Å². The Hall–Kier alpha value is -2.00. The summed E-state index contributed by atoms with van der Waals surface area (Å²) >= 11 is 5.70. The lowest BCUT2D eigenvalue weighted by molar-refractivity contribution is -0.153. The van der Waals surface area contributed by atoms with Crippen LogP contribution >= 0.6 is 11.6 Å². The number of nitrogens with one attached hydrogen (secondary N) is 1. The van der Waals surface area contributed by atoms with Crippen molar-refractivity contribution in [2.75, 3.05) is 19.7 Å². The van der Waals surface area contributed by atoms with Crippen LogP contribution < -0.4 is 5.32 Å². The molecule has 2 saturated heterocycles. The minimum absolute atomic E-state index is 0.0317. The molecular formula is C18H18ClF3N2O4. The molecule has 2 amide bonds. The van der Waals surface area contributed by atoms with Crippen LogP contribution in [0.5, 0.6) is 0 Å². The summed E-state index contributed by atoms with van der Waals surface area (Å²) in [6, 6.07) is 3.54. The van der Waals surface area contributed by atoms with Gasteiger partial charge in [-0.05, 0) is 30.5 Å². The van der Waals surface area contributed by atoms with Gasteiger partial charge < -0.3 is 19.7 Å². The molecule has 10 heteroatoms. The fraction of sp³-hybridized carbons (Fsp3) is 0.556. The minimum atomic E-state index is -4.49. The highest BCUT2D eigenvalue weighted by Crippen LogP contribution is 2.37. The average Bonchev–Trinajstić information content (AvgIpc) is 2.93. The topological polar surface area (TPSA) is 67.9 Å². The molecule has 0 bridgehead atoms. The van der Waals surface area contributed by atoms with E-state index in [2.05, 4.69) is 5.32 Å². The molecule has 4 rings (SSSR count). The van der Waals surface area contributed by atoms with Gasteiger partial charge >= 0.3 is 12.3 Å². The molecule has 0 aromatic heterocycles. The number of alkyl halides is 3. The molecular weight excluding hydrogens is 401 g/mol. The zero-order valence-electron chi connectivity index (χ0n) is 14.7. The molecule has 3 fully saturated rings. The molecule has 1 aromatic carbocycles. The van der Waals surface area contributed by atoms with Crippen LogP contribution in [-0.4, -0.2) is 48.2 Å². The quantitative estimate of drug-likeness (QED) is 0.816. The first-order valence-corrected chi connectivity index (χ1v) is 9.24. The highest BCUT2D eigenvalue weighted by Gasteiger charge is 2.53. The van der Waals surface area contributed by atoms with Crippen molar-refractivity contribution >= 4 is 23.6 Å². The first-order valence-electron chi connectivity index (χ1n) is 8.86. The normalized spacial score (nSPS) is 25.7. The van der Waals surface area contributed by atoms with Crippen molar-refractivity contribution in [3.8, 4) is 0 Å². The summed E-state index contributed by atoms with van der Waals surface area (Å²) in [4.78, 5) is 25.3. The number of alkyl carbamates (subject to hydrolysis) is 1. The highest BCUT2D eigenvalue weighted by molar-refractivity contribution is 6.31. The fourth-order valence-electron chi connectivity index (χ4n) is 3.76. The lowest BCUT2D eigenvalue weighted by atomic mass is 9.79. The standard InChI is InChI=1S/C18H18ClF3N2O4/c19-14-3-10(1-2-13(14)18(20,21)22)6-27-12-4-11(5-12)15(25)24-7-17(8-24)9-28-16(26)23-17/h1-3,11-12H,4-9H2,(H,23,26). The lowest BCUT2D eigenvalue weighted by Gasteiger charge is -2.48. The molecule has 6 nitrogen and oxygen atoms in total. The summed E-state index contributed by atoms with van der Waals surface area (Å²) in [5, 5.41) is 2.37. The zero-order valence-corrected chi connectivity index (χ0v) is 15.5. The summed E-state index contributed by atoms with van der Waals surface area (Å²) in [6.45, 7) is 1.31. The number of ether oxygens (including phenoxy) is 2. The average molecular weight is 419 g/mol. The smallest absolute Gasteiger partial charge is 0.417 e. The minimum Gasteiger partial charge on any atom is -0.447 e. The van der Waals surface area contributed by atoms with E-state index in [0.29, 0.717) is 31.5 Å². The number of carbonyl (C=O) groups excluding carboxylic acids is 2. The van der Waals surface area contributed by atoms with E-state index in [9.17, 15) is 22.8 Å². The van der Waals surface area contributed by atoms with E-state index < -0.39 is 23.4 Å². The maximum atomic E-state index is 12.7. The van der Waals surface area contributed by atoms with Crippen LogP contribution in [0.15, 0.2) is 18.2 Å². The largest absolute Gasteiger partial charge is 0.447 e. The van der Waals surface area contributed by atoms with Gasteiger partial charge in [-0.1, -0.05) is 17.7 Å². The van der Waals surface area contributed by atoms with Crippen molar-refractivity contribution in [1.29, 1.82) is 0 Å². The number of likely N-dealkylation sites (tertiary alicyclic amines) is 1. The first-order chi connectivity index (χ1) is 13.2. The molecule has 1 N–H and O–H groups in total. The summed E-state index contributed by atoms with van der Waals surface area (Å²) < 4.78 is 48.7. The molecule has 2 aliphatic heterocycles. The summed E-state index contributed by atoms with van der Waals surface area (Å²) in [5.74, 6) is -0.0965. The van der Waals surface area contributed by atoms with Gasteiger partial charge in [-0.2, -0.15) is 13.2 Å². The molecule has 0 unspecified atom stereocenters. The van der Waals surface area contributed by atoms with E-state index in [1.54, 1.807) is 4.90 Å². The second kappa shape index (κ2) is 6.81.